The van der Waals surface area contributed by atoms with Crippen LogP contribution in [0.15, 0.2) is 48.5 Å². The summed E-state index contributed by atoms with van der Waals surface area (Å²) >= 11 is 0. The van der Waals surface area contributed by atoms with Crippen LogP contribution in [-0.4, -0.2) is 56.5 Å². The highest BCUT2D eigenvalue weighted by Crippen LogP contribution is 2.51. The second-order valence-corrected chi connectivity index (χ2v) is 9.52. The first kappa shape index (κ1) is 26.0. The van der Waals surface area contributed by atoms with Crippen LogP contribution >= 0.6 is 0 Å². The maximum atomic E-state index is 13.5. The summed E-state index contributed by atoms with van der Waals surface area (Å²) in [4.78, 5) is 26.1. The number of amides is 2. The number of anilines is 1. The number of rotatable bonds is 6. The van der Waals surface area contributed by atoms with Crippen molar-refractivity contribution in [2.45, 2.75) is 37.3 Å². The molecule has 0 spiro atoms. The van der Waals surface area contributed by atoms with E-state index in [1.807, 2.05) is 49.3 Å². The van der Waals surface area contributed by atoms with Crippen LogP contribution in [0.3, 0.4) is 0 Å². The van der Waals surface area contributed by atoms with E-state index in [2.05, 4.69) is 16.0 Å². The van der Waals surface area contributed by atoms with Crippen molar-refractivity contribution >= 4 is 17.5 Å². The van der Waals surface area contributed by atoms with E-state index < -0.39 is 35.8 Å². The lowest BCUT2D eigenvalue weighted by molar-refractivity contribution is -0.140. The van der Waals surface area contributed by atoms with Crippen LogP contribution in [0, 0.1) is 5.92 Å². The zero-order valence-corrected chi connectivity index (χ0v) is 20.3. The van der Waals surface area contributed by atoms with Crippen LogP contribution in [0.1, 0.15) is 41.7 Å². The first-order chi connectivity index (χ1) is 17.1. The average molecular weight is 505 g/mol. The van der Waals surface area contributed by atoms with Gasteiger partial charge in [0.1, 0.15) is 0 Å². The van der Waals surface area contributed by atoms with Crippen LogP contribution in [0.5, 0.6) is 0 Å². The van der Waals surface area contributed by atoms with Gasteiger partial charge in [-0.3, -0.25) is 9.59 Å². The average Bonchev–Trinajstić information content (AvgIpc) is 2.86. The van der Waals surface area contributed by atoms with Gasteiger partial charge in [0.15, 0.2) is 0 Å². The fourth-order valence-corrected chi connectivity index (χ4v) is 4.83. The third-order valence-electron chi connectivity index (χ3n) is 6.67. The molecule has 3 N–H and O–H groups in total. The molecule has 1 unspecified atom stereocenters. The smallest absolute Gasteiger partial charge is 0.378 e. The number of hydrogen-bond acceptors (Lipinski definition) is 5. The molecule has 0 aliphatic carbocycles. The number of carbonyl (C=O) groups is 2. The SMILES string of the molecule is CN(C)CCNC(=O)C(=O)NC[C@H]1CCC2[C@H](O1)c1cc(C(F)(F)F)ccc1N[C@H]2c1ccccc1. The number of nitrogens with one attached hydrogen (secondary N) is 3. The largest absolute Gasteiger partial charge is 0.416 e. The Morgan fingerprint density at radius 2 is 1.78 bits per heavy atom. The molecule has 36 heavy (non-hydrogen) atoms. The maximum absolute atomic E-state index is 13.5. The Morgan fingerprint density at radius 3 is 2.47 bits per heavy atom. The molecule has 0 aromatic heterocycles. The Hall–Kier alpha value is -3.11. The van der Waals surface area contributed by atoms with Crippen LogP contribution in [0.25, 0.3) is 0 Å². The highest BCUT2D eigenvalue weighted by Gasteiger charge is 2.43. The van der Waals surface area contributed by atoms with E-state index in [-0.39, 0.29) is 18.5 Å². The summed E-state index contributed by atoms with van der Waals surface area (Å²) in [5.74, 6) is -1.58. The van der Waals surface area contributed by atoms with Crippen molar-refractivity contribution < 1.29 is 27.5 Å². The summed E-state index contributed by atoms with van der Waals surface area (Å²) in [5.41, 5.74) is 1.36. The fraction of sp³-hybridized carbons (Fsp3) is 0.462. The zero-order chi connectivity index (χ0) is 25.9. The molecule has 2 heterocycles. The number of benzene rings is 2. The number of fused-ring (bicyclic) bond motifs is 3. The van der Waals surface area contributed by atoms with Crippen molar-refractivity contribution in [2.75, 3.05) is 39.0 Å². The van der Waals surface area contributed by atoms with Gasteiger partial charge in [-0.1, -0.05) is 30.3 Å². The molecular formula is C26H31F3N4O3. The lowest BCUT2D eigenvalue weighted by atomic mass is 9.76. The number of ether oxygens (including phenoxy) is 1. The Morgan fingerprint density at radius 1 is 1.06 bits per heavy atom. The van der Waals surface area contributed by atoms with Gasteiger partial charge in [0.05, 0.1) is 23.8 Å². The quantitative estimate of drug-likeness (QED) is 0.525. The first-order valence-corrected chi connectivity index (χ1v) is 12.0. The van der Waals surface area contributed by atoms with Gasteiger partial charge in [-0.2, -0.15) is 13.2 Å². The van der Waals surface area contributed by atoms with E-state index in [1.54, 1.807) is 0 Å². The zero-order valence-electron chi connectivity index (χ0n) is 20.3. The highest BCUT2D eigenvalue weighted by molar-refractivity contribution is 6.35. The number of alkyl halides is 3. The number of halogens is 3. The summed E-state index contributed by atoms with van der Waals surface area (Å²) in [6, 6.07) is 13.3. The van der Waals surface area contributed by atoms with Gasteiger partial charge in [0.25, 0.3) is 0 Å². The van der Waals surface area contributed by atoms with E-state index in [1.165, 1.54) is 6.07 Å². The van der Waals surface area contributed by atoms with E-state index >= 15 is 0 Å². The maximum Gasteiger partial charge on any atom is 0.416 e. The van der Waals surface area contributed by atoms with Gasteiger partial charge in [-0.15, -0.1) is 0 Å². The minimum Gasteiger partial charge on any atom is -0.378 e. The van der Waals surface area contributed by atoms with Crippen molar-refractivity contribution in [3.63, 3.8) is 0 Å². The number of carbonyl (C=O) groups excluding carboxylic acids is 2. The molecule has 7 nitrogen and oxygen atoms in total. The van der Waals surface area contributed by atoms with Crippen molar-refractivity contribution in [2.24, 2.45) is 5.92 Å². The number of likely N-dealkylation sites (N-methyl/N-ethyl adjacent to an activating group) is 1. The molecule has 2 aliphatic rings. The predicted octanol–water partition coefficient (Wildman–Crippen LogP) is 3.50. The number of nitrogens with zero attached hydrogens (tertiary/aromatic N) is 1. The van der Waals surface area contributed by atoms with E-state index in [0.29, 0.717) is 37.2 Å². The normalized spacial score (nSPS) is 23.3. The van der Waals surface area contributed by atoms with Gasteiger partial charge in [0, 0.05) is 36.8 Å². The third kappa shape index (κ3) is 5.99. The second kappa shape index (κ2) is 10.9. The van der Waals surface area contributed by atoms with Crippen LogP contribution < -0.4 is 16.0 Å². The number of hydrogen-bond donors (Lipinski definition) is 3. The molecule has 2 aromatic rings. The Kier molecular flexibility index (Phi) is 7.85. The first-order valence-electron chi connectivity index (χ1n) is 12.0. The minimum absolute atomic E-state index is 0.0929. The summed E-state index contributed by atoms with van der Waals surface area (Å²) in [7, 11) is 3.72. The molecule has 194 valence electrons. The van der Waals surface area contributed by atoms with Crippen molar-refractivity contribution in [3.05, 3.63) is 65.2 Å². The Bertz CT molecular complexity index is 1080. The molecule has 0 bridgehead atoms. The van der Waals surface area contributed by atoms with E-state index in [9.17, 15) is 22.8 Å². The standard InChI is InChI=1S/C26H31F3N4O3/c1-33(2)13-12-30-24(34)25(35)31-15-18-9-10-19-22(16-6-4-3-5-7-16)32-21-11-8-17(26(27,28)29)14-20(21)23(19)36-18/h3-8,11,14,18-19,22-23,32H,9-10,12-13,15H2,1-2H3,(H,30,34)(H,31,35)/t18-,19?,22+,23+/m1/s1. The minimum atomic E-state index is -4.47. The third-order valence-corrected chi connectivity index (χ3v) is 6.67. The summed E-state index contributed by atoms with van der Waals surface area (Å²) in [5, 5.41) is 8.58. The Balaban J connectivity index is 1.49. The predicted molar refractivity (Wildman–Crippen MR) is 129 cm³/mol. The molecule has 0 radical (unpaired) electrons. The molecular weight excluding hydrogens is 473 g/mol. The van der Waals surface area contributed by atoms with Crippen LogP contribution in [0.4, 0.5) is 18.9 Å². The molecule has 1 fully saturated rings. The molecule has 1 saturated heterocycles. The second-order valence-electron chi connectivity index (χ2n) is 9.52. The van der Waals surface area contributed by atoms with Gasteiger partial charge in [-0.25, -0.2) is 0 Å². The highest BCUT2D eigenvalue weighted by atomic mass is 19.4. The molecule has 2 amide bonds. The van der Waals surface area contributed by atoms with Crippen molar-refractivity contribution in [1.29, 1.82) is 0 Å². The van der Waals surface area contributed by atoms with E-state index in [0.717, 1.165) is 17.7 Å². The fourth-order valence-electron chi connectivity index (χ4n) is 4.83. The van der Waals surface area contributed by atoms with Gasteiger partial charge in [0.2, 0.25) is 0 Å². The molecule has 10 heteroatoms. The molecule has 2 aromatic carbocycles. The summed E-state index contributed by atoms with van der Waals surface area (Å²) in [6.07, 6.45) is -4.20. The summed E-state index contributed by atoms with van der Waals surface area (Å²) < 4.78 is 46.7. The van der Waals surface area contributed by atoms with Gasteiger partial charge >= 0.3 is 18.0 Å². The summed E-state index contributed by atoms with van der Waals surface area (Å²) in [6.45, 7) is 1.04. The van der Waals surface area contributed by atoms with E-state index in [4.69, 9.17) is 4.74 Å². The lowest BCUT2D eigenvalue weighted by Gasteiger charge is -2.46. The molecule has 2 aliphatic heterocycles. The molecule has 4 atom stereocenters. The van der Waals surface area contributed by atoms with Crippen LogP contribution in [0.2, 0.25) is 0 Å². The monoisotopic (exact) mass is 504 g/mol. The van der Waals surface area contributed by atoms with Crippen molar-refractivity contribution in [1.82, 2.24) is 15.5 Å². The molecule has 4 rings (SSSR count). The molecule has 0 saturated carbocycles. The Labute approximate surface area is 208 Å². The topological polar surface area (TPSA) is 82.7 Å². The van der Waals surface area contributed by atoms with Crippen molar-refractivity contribution in [3.8, 4) is 0 Å². The lowest BCUT2D eigenvalue weighted by Crippen LogP contribution is -2.47. The van der Waals surface area contributed by atoms with Gasteiger partial charge < -0.3 is 25.6 Å². The van der Waals surface area contributed by atoms with Crippen LogP contribution in [-0.2, 0) is 20.5 Å². The van der Waals surface area contributed by atoms with Gasteiger partial charge in [-0.05, 0) is 50.7 Å².